The zero-order valence-corrected chi connectivity index (χ0v) is 12.8. The van der Waals surface area contributed by atoms with Crippen LogP contribution in [0.4, 0.5) is 8.78 Å². The molecule has 0 unspecified atom stereocenters. The lowest BCUT2D eigenvalue weighted by Crippen LogP contribution is -2.29. The van der Waals surface area contributed by atoms with Gasteiger partial charge in [0, 0.05) is 25.4 Å². The van der Waals surface area contributed by atoms with E-state index < -0.39 is 11.6 Å². The largest absolute Gasteiger partial charge is 0.290 e. The van der Waals surface area contributed by atoms with Gasteiger partial charge in [0.2, 0.25) is 0 Å². The van der Waals surface area contributed by atoms with E-state index in [0.717, 1.165) is 37.9 Å². The maximum atomic E-state index is 14.0. The molecular weight excluding hydrogens is 284 g/mol. The van der Waals surface area contributed by atoms with Crippen LogP contribution < -0.4 is 0 Å². The van der Waals surface area contributed by atoms with Crippen molar-refractivity contribution in [1.29, 1.82) is 0 Å². The lowest BCUT2D eigenvalue weighted by molar-refractivity contribution is 0.183. The standard InChI is InChI=1S/C17H21F2N3/c1-21-11-9-16(20-21)17-8-3-2-4-10-22(17)12-13-14(18)6-5-7-15(13)19/h5-7,9,11,17H,2-4,8,10,12H2,1H3/t17-/m0/s1. The Morgan fingerprint density at radius 2 is 1.91 bits per heavy atom. The Morgan fingerprint density at radius 1 is 1.14 bits per heavy atom. The third kappa shape index (κ3) is 3.19. The number of benzene rings is 1. The Labute approximate surface area is 129 Å². The molecule has 1 aliphatic heterocycles. The van der Waals surface area contributed by atoms with E-state index in [1.54, 1.807) is 4.68 Å². The monoisotopic (exact) mass is 305 g/mol. The highest BCUT2D eigenvalue weighted by Gasteiger charge is 2.26. The van der Waals surface area contributed by atoms with E-state index in [1.807, 2.05) is 19.3 Å². The average Bonchev–Trinajstić information content (AvgIpc) is 2.79. The first-order chi connectivity index (χ1) is 10.6. The number of nitrogens with zero attached hydrogens (tertiary/aromatic N) is 3. The second kappa shape index (κ2) is 6.57. The fourth-order valence-corrected chi connectivity index (χ4v) is 3.19. The van der Waals surface area contributed by atoms with Crippen molar-refractivity contribution in [3.05, 3.63) is 53.4 Å². The minimum Gasteiger partial charge on any atom is -0.290 e. The van der Waals surface area contributed by atoms with Crippen molar-refractivity contribution in [3.63, 3.8) is 0 Å². The maximum Gasteiger partial charge on any atom is 0.130 e. The molecule has 0 radical (unpaired) electrons. The molecule has 2 heterocycles. The molecule has 0 amide bonds. The topological polar surface area (TPSA) is 21.1 Å². The van der Waals surface area contributed by atoms with Gasteiger partial charge in [-0.05, 0) is 37.6 Å². The summed E-state index contributed by atoms with van der Waals surface area (Å²) in [5.41, 5.74) is 1.14. The molecule has 1 aromatic heterocycles. The van der Waals surface area contributed by atoms with E-state index in [1.165, 1.54) is 18.2 Å². The van der Waals surface area contributed by atoms with Crippen LogP contribution in [0.2, 0.25) is 0 Å². The molecule has 1 fully saturated rings. The van der Waals surface area contributed by atoms with Gasteiger partial charge in [0.1, 0.15) is 11.6 Å². The number of aryl methyl sites for hydroxylation is 1. The Morgan fingerprint density at radius 3 is 2.59 bits per heavy atom. The van der Waals surface area contributed by atoms with Gasteiger partial charge >= 0.3 is 0 Å². The van der Waals surface area contributed by atoms with Crippen LogP contribution in [0.3, 0.4) is 0 Å². The molecule has 3 rings (SSSR count). The third-order valence-corrected chi connectivity index (χ3v) is 4.36. The van der Waals surface area contributed by atoms with Crippen molar-refractivity contribution >= 4 is 0 Å². The zero-order valence-electron chi connectivity index (χ0n) is 12.8. The Kier molecular flexibility index (Phi) is 4.52. The predicted octanol–water partition coefficient (Wildman–Crippen LogP) is 3.82. The highest BCUT2D eigenvalue weighted by atomic mass is 19.1. The number of hydrogen-bond donors (Lipinski definition) is 0. The first kappa shape index (κ1) is 15.2. The van der Waals surface area contributed by atoms with E-state index in [-0.39, 0.29) is 11.6 Å². The SMILES string of the molecule is Cn1ccc([C@@H]2CCCCCN2Cc2c(F)cccc2F)n1. The number of aromatic nitrogens is 2. The molecule has 0 N–H and O–H groups in total. The van der Waals surface area contributed by atoms with Crippen LogP contribution in [0.1, 0.15) is 43.0 Å². The highest BCUT2D eigenvalue weighted by Crippen LogP contribution is 2.31. The molecule has 1 atom stereocenters. The second-order valence-corrected chi connectivity index (χ2v) is 5.95. The summed E-state index contributed by atoms with van der Waals surface area (Å²) in [4.78, 5) is 2.16. The smallest absolute Gasteiger partial charge is 0.130 e. The highest BCUT2D eigenvalue weighted by molar-refractivity contribution is 5.20. The summed E-state index contributed by atoms with van der Waals surface area (Å²) in [6, 6.07) is 6.19. The molecule has 1 aliphatic rings. The normalized spacial score (nSPS) is 20.0. The fraction of sp³-hybridized carbons (Fsp3) is 0.471. The summed E-state index contributed by atoms with van der Waals surface area (Å²) in [6.45, 7) is 1.13. The van der Waals surface area contributed by atoms with Gasteiger partial charge in [-0.15, -0.1) is 0 Å². The Hall–Kier alpha value is -1.75. The van der Waals surface area contributed by atoms with Gasteiger partial charge in [-0.1, -0.05) is 18.9 Å². The van der Waals surface area contributed by atoms with Crippen LogP contribution in [0.15, 0.2) is 30.5 Å². The van der Waals surface area contributed by atoms with Gasteiger partial charge in [-0.3, -0.25) is 9.58 Å². The number of halogens is 2. The molecule has 0 aliphatic carbocycles. The van der Waals surface area contributed by atoms with Gasteiger partial charge in [0.05, 0.1) is 11.7 Å². The summed E-state index contributed by atoms with van der Waals surface area (Å²) in [6.07, 6.45) is 6.23. The quantitative estimate of drug-likeness (QED) is 0.859. The molecule has 118 valence electrons. The molecular formula is C17H21F2N3. The average molecular weight is 305 g/mol. The van der Waals surface area contributed by atoms with Crippen molar-refractivity contribution in [2.24, 2.45) is 7.05 Å². The number of likely N-dealkylation sites (tertiary alicyclic amines) is 1. The van der Waals surface area contributed by atoms with E-state index in [4.69, 9.17) is 0 Å². The fourth-order valence-electron chi connectivity index (χ4n) is 3.19. The Bertz CT molecular complexity index is 618. The van der Waals surface area contributed by atoms with Crippen molar-refractivity contribution in [3.8, 4) is 0 Å². The molecule has 1 aromatic carbocycles. The van der Waals surface area contributed by atoms with Crippen LogP contribution >= 0.6 is 0 Å². The molecule has 5 heteroatoms. The number of hydrogen-bond acceptors (Lipinski definition) is 2. The molecule has 0 saturated carbocycles. The van der Waals surface area contributed by atoms with Gasteiger partial charge in [-0.25, -0.2) is 8.78 Å². The van der Waals surface area contributed by atoms with E-state index in [0.29, 0.717) is 6.54 Å². The molecule has 1 saturated heterocycles. The van der Waals surface area contributed by atoms with E-state index in [2.05, 4.69) is 10.00 Å². The molecule has 3 nitrogen and oxygen atoms in total. The van der Waals surface area contributed by atoms with Crippen molar-refractivity contribution in [2.45, 2.75) is 38.3 Å². The van der Waals surface area contributed by atoms with Crippen LogP contribution in [0, 0.1) is 11.6 Å². The van der Waals surface area contributed by atoms with E-state index >= 15 is 0 Å². The van der Waals surface area contributed by atoms with Crippen LogP contribution in [0.5, 0.6) is 0 Å². The summed E-state index contributed by atoms with van der Waals surface area (Å²) < 4.78 is 29.7. The van der Waals surface area contributed by atoms with Gasteiger partial charge < -0.3 is 0 Å². The lowest BCUT2D eigenvalue weighted by atomic mass is 10.1. The summed E-state index contributed by atoms with van der Waals surface area (Å²) >= 11 is 0. The van der Waals surface area contributed by atoms with Gasteiger partial charge in [-0.2, -0.15) is 5.10 Å². The minimum atomic E-state index is -0.469. The minimum absolute atomic E-state index is 0.128. The Balaban J connectivity index is 1.87. The van der Waals surface area contributed by atoms with Crippen molar-refractivity contribution < 1.29 is 8.78 Å². The maximum absolute atomic E-state index is 14.0. The van der Waals surface area contributed by atoms with Gasteiger partial charge in [0.25, 0.3) is 0 Å². The van der Waals surface area contributed by atoms with Crippen LogP contribution in [0.25, 0.3) is 0 Å². The molecule has 0 spiro atoms. The molecule has 0 bridgehead atoms. The van der Waals surface area contributed by atoms with Crippen molar-refractivity contribution in [2.75, 3.05) is 6.54 Å². The summed E-state index contributed by atoms with van der Waals surface area (Å²) in [7, 11) is 1.89. The van der Waals surface area contributed by atoms with Crippen LogP contribution in [-0.2, 0) is 13.6 Å². The molecule has 2 aromatic rings. The first-order valence-electron chi connectivity index (χ1n) is 7.81. The summed E-state index contributed by atoms with van der Waals surface area (Å²) in [5, 5.41) is 4.50. The number of rotatable bonds is 3. The predicted molar refractivity (Wildman–Crippen MR) is 81.2 cm³/mol. The first-order valence-corrected chi connectivity index (χ1v) is 7.81. The zero-order chi connectivity index (χ0) is 15.5. The summed E-state index contributed by atoms with van der Waals surface area (Å²) in [5.74, 6) is -0.937. The third-order valence-electron chi connectivity index (χ3n) is 4.36. The van der Waals surface area contributed by atoms with E-state index in [9.17, 15) is 8.78 Å². The molecule has 22 heavy (non-hydrogen) atoms. The van der Waals surface area contributed by atoms with Crippen LogP contribution in [-0.4, -0.2) is 21.2 Å². The second-order valence-electron chi connectivity index (χ2n) is 5.95. The van der Waals surface area contributed by atoms with Crippen molar-refractivity contribution in [1.82, 2.24) is 14.7 Å². The lowest BCUT2D eigenvalue weighted by Gasteiger charge is -2.29. The van der Waals surface area contributed by atoms with Gasteiger partial charge in [0.15, 0.2) is 0 Å².